The van der Waals surface area contributed by atoms with E-state index < -0.39 is 0 Å². The quantitative estimate of drug-likeness (QED) is 0.823. The molecule has 0 fully saturated rings. The van der Waals surface area contributed by atoms with Crippen molar-refractivity contribution < 1.29 is 4.74 Å². The van der Waals surface area contributed by atoms with E-state index >= 15 is 0 Å². The van der Waals surface area contributed by atoms with Crippen molar-refractivity contribution in [2.45, 2.75) is 31.4 Å². The SMILES string of the molecule is CSc1ccc(CNc2nccnc2OC(C)C)cc1. The minimum atomic E-state index is 0.0770. The van der Waals surface area contributed by atoms with Gasteiger partial charge in [-0.3, -0.25) is 0 Å². The molecule has 4 nitrogen and oxygen atoms in total. The molecule has 1 aromatic carbocycles. The predicted octanol–water partition coefficient (Wildman–Crippen LogP) is 3.60. The highest BCUT2D eigenvalue weighted by Gasteiger charge is 2.07. The highest BCUT2D eigenvalue weighted by molar-refractivity contribution is 7.98. The van der Waals surface area contributed by atoms with E-state index in [9.17, 15) is 0 Å². The van der Waals surface area contributed by atoms with E-state index in [0.717, 1.165) is 0 Å². The lowest BCUT2D eigenvalue weighted by molar-refractivity contribution is 0.233. The number of ether oxygens (including phenoxy) is 1. The minimum absolute atomic E-state index is 0.0770. The Morgan fingerprint density at radius 1 is 1.15 bits per heavy atom. The summed E-state index contributed by atoms with van der Waals surface area (Å²) >= 11 is 1.74. The van der Waals surface area contributed by atoms with Crippen molar-refractivity contribution in [2.24, 2.45) is 0 Å². The van der Waals surface area contributed by atoms with Crippen molar-refractivity contribution in [1.82, 2.24) is 9.97 Å². The lowest BCUT2D eigenvalue weighted by Gasteiger charge is -2.13. The molecule has 5 heteroatoms. The fourth-order valence-corrected chi connectivity index (χ4v) is 2.09. The second-order valence-corrected chi connectivity index (χ2v) is 5.46. The van der Waals surface area contributed by atoms with Crippen LogP contribution in [0.2, 0.25) is 0 Å². The highest BCUT2D eigenvalue weighted by atomic mass is 32.2. The van der Waals surface area contributed by atoms with Gasteiger partial charge in [-0.2, -0.15) is 0 Å². The smallest absolute Gasteiger partial charge is 0.257 e. The lowest BCUT2D eigenvalue weighted by Crippen LogP contribution is -2.11. The average molecular weight is 289 g/mol. The summed E-state index contributed by atoms with van der Waals surface area (Å²) < 4.78 is 5.63. The van der Waals surface area contributed by atoms with Crippen LogP contribution in [0.4, 0.5) is 5.82 Å². The molecular weight excluding hydrogens is 270 g/mol. The Balaban J connectivity index is 2.02. The van der Waals surface area contributed by atoms with Crippen molar-refractivity contribution in [3.05, 3.63) is 42.2 Å². The van der Waals surface area contributed by atoms with Crippen LogP contribution in [0.1, 0.15) is 19.4 Å². The van der Waals surface area contributed by atoms with Crippen LogP contribution in [0.25, 0.3) is 0 Å². The topological polar surface area (TPSA) is 47.0 Å². The molecule has 0 atom stereocenters. The summed E-state index contributed by atoms with van der Waals surface area (Å²) in [4.78, 5) is 9.75. The van der Waals surface area contributed by atoms with Crippen LogP contribution in [0, 0.1) is 0 Å². The van der Waals surface area contributed by atoms with Gasteiger partial charge in [0.05, 0.1) is 6.10 Å². The molecule has 20 heavy (non-hydrogen) atoms. The third-order valence-corrected chi connectivity index (χ3v) is 3.37. The van der Waals surface area contributed by atoms with Crippen molar-refractivity contribution in [3.63, 3.8) is 0 Å². The maximum Gasteiger partial charge on any atom is 0.257 e. The van der Waals surface area contributed by atoms with Crippen LogP contribution in [0.3, 0.4) is 0 Å². The van der Waals surface area contributed by atoms with Gasteiger partial charge in [0.1, 0.15) is 0 Å². The Morgan fingerprint density at radius 2 is 1.85 bits per heavy atom. The summed E-state index contributed by atoms with van der Waals surface area (Å²) in [5.41, 5.74) is 1.20. The molecule has 106 valence electrons. The summed E-state index contributed by atoms with van der Waals surface area (Å²) in [7, 11) is 0. The summed E-state index contributed by atoms with van der Waals surface area (Å²) in [6.45, 7) is 4.64. The van der Waals surface area contributed by atoms with Gasteiger partial charge in [-0.25, -0.2) is 9.97 Å². The fourth-order valence-electron chi connectivity index (χ4n) is 1.69. The first-order valence-electron chi connectivity index (χ1n) is 6.53. The summed E-state index contributed by atoms with van der Waals surface area (Å²) in [5, 5.41) is 3.27. The largest absolute Gasteiger partial charge is 0.472 e. The Morgan fingerprint density at radius 3 is 2.50 bits per heavy atom. The van der Waals surface area contributed by atoms with Crippen molar-refractivity contribution in [1.29, 1.82) is 0 Å². The maximum absolute atomic E-state index is 5.63. The van der Waals surface area contributed by atoms with Gasteiger partial charge in [0.25, 0.3) is 5.88 Å². The third-order valence-electron chi connectivity index (χ3n) is 2.63. The van der Waals surface area contributed by atoms with Gasteiger partial charge in [0, 0.05) is 23.8 Å². The normalized spacial score (nSPS) is 10.6. The molecule has 0 bridgehead atoms. The summed E-state index contributed by atoms with van der Waals surface area (Å²) in [6, 6.07) is 8.45. The molecule has 1 aromatic heterocycles. The molecule has 0 aliphatic rings. The molecule has 0 spiro atoms. The number of thioether (sulfide) groups is 1. The zero-order valence-electron chi connectivity index (χ0n) is 12.0. The number of rotatable bonds is 6. The number of hydrogen-bond acceptors (Lipinski definition) is 5. The Bertz CT molecular complexity index is 543. The van der Waals surface area contributed by atoms with E-state index in [2.05, 4.69) is 45.8 Å². The van der Waals surface area contributed by atoms with Crippen LogP contribution in [-0.2, 0) is 6.54 Å². The molecular formula is C15H19N3OS. The van der Waals surface area contributed by atoms with Gasteiger partial charge in [-0.15, -0.1) is 11.8 Å². The second kappa shape index (κ2) is 7.14. The van der Waals surface area contributed by atoms with Crippen LogP contribution in [-0.4, -0.2) is 22.3 Å². The second-order valence-electron chi connectivity index (χ2n) is 4.58. The monoisotopic (exact) mass is 289 g/mol. The van der Waals surface area contributed by atoms with Crippen LogP contribution in [0.15, 0.2) is 41.6 Å². The van der Waals surface area contributed by atoms with Crippen LogP contribution in [0.5, 0.6) is 5.88 Å². The number of nitrogens with one attached hydrogen (secondary N) is 1. The molecule has 2 rings (SSSR count). The van der Waals surface area contributed by atoms with E-state index in [4.69, 9.17) is 4.74 Å². The minimum Gasteiger partial charge on any atom is -0.472 e. The Labute approximate surface area is 124 Å². The maximum atomic E-state index is 5.63. The molecule has 0 aliphatic carbocycles. The van der Waals surface area contributed by atoms with E-state index in [1.807, 2.05) is 13.8 Å². The molecule has 1 heterocycles. The Hall–Kier alpha value is -1.75. The van der Waals surface area contributed by atoms with Crippen molar-refractivity contribution in [2.75, 3.05) is 11.6 Å². The van der Waals surface area contributed by atoms with E-state index in [1.54, 1.807) is 24.2 Å². The van der Waals surface area contributed by atoms with E-state index in [1.165, 1.54) is 10.5 Å². The van der Waals surface area contributed by atoms with Gasteiger partial charge < -0.3 is 10.1 Å². The number of aromatic nitrogens is 2. The first-order valence-corrected chi connectivity index (χ1v) is 7.76. The summed E-state index contributed by atoms with van der Waals surface area (Å²) in [6.07, 6.45) is 5.44. The fraction of sp³-hybridized carbons (Fsp3) is 0.333. The number of hydrogen-bond donors (Lipinski definition) is 1. The summed E-state index contributed by atoms with van der Waals surface area (Å²) in [5.74, 6) is 1.22. The molecule has 0 amide bonds. The molecule has 0 radical (unpaired) electrons. The van der Waals surface area contributed by atoms with Gasteiger partial charge in [-0.1, -0.05) is 12.1 Å². The van der Waals surface area contributed by atoms with Gasteiger partial charge in [0.15, 0.2) is 5.82 Å². The lowest BCUT2D eigenvalue weighted by atomic mass is 10.2. The zero-order chi connectivity index (χ0) is 14.4. The van der Waals surface area contributed by atoms with Gasteiger partial charge >= 0.3 is 0 Å². The molecule has 0 unspecified atom stereocenters. The molecule has 0 saturated carbocycles. The van der Waals surface area contributed by atoms with E-state index in [-0.39, 0.29) is 6.10 Å². The standard InChI is InChI=1S/C15H19N3OS/c1-11(2)19-15-14(16-8-9-17-15)18-10-12-4-6-13(20-3)7-5-12/h4-9,11H,10H2,1-3H3,(H,16,18). The van der Waals surface area contributed by atoms with Crippen LogP contribution >= 0.6 is 11.8 Å². The average Bonchev–Trinajstić information content (AvgIpc) is 2.46. The van der Waals surface area contributed by atoms with Gasteiger partial charge in [0.2, 0.25) is 0 Å². The predicted molar refractivity (Wildman–Crippen MR) is 83.3 cm³/mol. The highest BCUT2D eigenvalue weighted by Crippen LogP contribution is 2.20. The first-order chi connectivity index (χ1) is 9.69. The first kappa shape index (κ1) is 14.7. The van der Waals surface area contributed by atoms with E-state index in [0.29, 0.717) is 18.2 Å². The third kappa shape index (κ3) is 4.13. The number of benzene rings is 1. The molecule has 0 aliphatic heterocycles. The molecule has 0 saturated heterocycles. The van der Waals surface area contributed by atoms with Crippen molar-refractivity contribution in [3.8, 4) is 5.88 Å². The number of nitrogens with zero attached hydrogens (tertiary/aromatic N) is 2. The Kier molecular flexibility index (Phi) is 5.24. The molecule has 1 N–H and O–H groups in total. The zero-order valence-corrected chi connectivity index (χ0v) is 12.8. The molecule has 2 aromatic rings. The number of anilines is 1. The van der Waals surface area contributed by atoms with Crippen LogP contribution < -0.4 is 10.1 Å². The van der Waals surface area contributed by atoms with Gasteiger partial charge in [-0.05, 0) is 37.8 Å². The van der Waals surface area contributed by atoms with Crippen molar-refractivity contribution >= 4 is 17.6 Å².